The maximum atomic E-state index is 12.5. The maximum absolute atomic E-state index is 12.5. The molecule has 0 aromatic carbocycles. The van der Waals surface area contributed by atoms with E-state index >= 15 is 0 Å². The zero-order valence-electron chi connectivity index (χ0n) is 12.5. The van der Waals surface area contributed by atoms with Crippen LogP contribution in [0.5, 0.6) is 0 Å². The van der Waals surface area contributed by atoms with E-state index in [0.717, 1.165) is 22.7 Å². The van der Waals surface area contributed by atoms with E-state index in [2.05, 4.69) is 13.8 Å². The topological polar surface area (TPSA) is 20.3 Å². The number of hydrogen-bond donors (Lipinski definition) is 0. The van der Waals surface area contributed by atoms with Gasteiger partial charge in [0, 0.05) is 11.4 Å². The highest BCUT2D eigenvalue weighted by Crippen LogP contribution is 2.34. The molecule has 2 heterocycles. The van der Waals surface area contributed by atoms with E-state index in [1.807, 2.05) is 23.6 Å². The van der Waals surface area contributed by atoms with E-state index in [-0.39, 0.29) is 5.91 Å². The first-order chi connectivity index (χ1) is 10.2. The van der Waals surface area contributed by atoms with Gasteiger partial charge < -0.3 is 0 Å². The lowest BCUT2D eigenvalue weighted by atomic mass is 9.99. The summed E-state index contributed by atoms with van der Waals surface area (Å²) in [4.78, 5) is 16.2. The van der Waals surface area contributed by atoms with Gasteiger partial charge in [-0.1, -0.05) is 63.2 Å². The molecule has 1 aromatic rings. The number of unbranched alkanes of at least 4 members (excludes halogenated alkanes) is 1. The molecule has 1 fully saturated rings. The number of thiophene rings is 1. The zero-order valence-corrected chi connectivity index (χ0v) is 15.0. The summed E-state index contributed by atoms with van der Waals surface area (Å²) >= 11 is 8.47. The van der Waals surface area contributed by atoms with Crippen LogP contribution >= 0.6 is 35.3 Å². The number of thiocarbonyl (C=S) groups is 1. The molecule has 0 aliphatic carbocycles. The fraction of sp³-hybridized carbons (Fsp3) is 0.500. The molecule has 1 aromatic heterocycles. The molecule has 1 amide bonds. The molecule has 21 heavy (non-hydrogen) atoms. The third kappa shape index (κ3) is 4.41. The van der Waals surface area contributed by atoms with Gasteiger partial charge in [-0.05, 0) is 29.9 Å². The molecule has 2 nitrogen and oxygen atoms in total. The average molecular weight is 340 g/mol. The van der Waals surface area contributed by atoms with Crippen molar-refractivity contribution in [2.75, 3.05) is 6.54 Å². The Morgan fingerprint density at radius 1 is 1.43 bits per heavy atom. The van der Waals surface area contributed by atoms with Gasteiger partial charge in [0.1, 0.15) is 4.32 Å². The van der Waals surface area contributed by atoms with Crippen molar-refractivity contribution in [3.8, 4) is 0 Å². The van der Waals surface area contributed by atoms with Crippen LogP contribution in [0.3, 0.4) is 0 Å². The summed E-state index contributed by atoms with van der Waals surface area (Å²) in [6.07, 6.45) is 6.65. The first-order valence-corrected chi connectivity index (χ1v) is 9.55. The lowest BCUT2D eigenvalue weighted by Gasteiger charge is -2.21. The maximum Gasteiger partial charge on any atom is 0.266 e. The molecule has 5 heteroatoms. The third-order valence-corrected chi connectivity index (χ3v) is 5.87. The molecule has 0 spiro atoms. The fourth-order valence-corrected chi connectivity index (χ4v) is 4.33. The number of amides is 1. The van der Waals surface area contributed by atoms with Crippen molar-refractivity contribution in [2.24, 2.45) is 5.92 Å². The smallest absolute Gasteiger partial charge is 0.266 e. The van der Waals surface area contributed by atoms with Gasteiger partial charge in [-0.3, -0.25) is 9.69 Å². The van der Waals surface area contributed by atoms with Crippen LogP contribution in [0.1, 0.15) is 44.4 Å². The van der Waals surface area contributed by atoms with Gasteiger partial charge in [0.2, 0.25) is 0 Å². The van der Waals surface area contributed by atoms with Crippen molar-refractivity contribution >= 4 is 51.6 Å². The van der Waals surface area contributed by atoms with Crippen LogP contribution in [-0.4, -0.2) is 21.7 Å². The highest BCUT2D eigenvalue weighted by molar-refractivity contribution is 8.26. The minimum atomic E-state index is 0.0772. The summed E-state index contributed by atoms with van der Waals surface area (Å²) in [5, 5.41) is 2.02. The van der Waals surface area contributed by atoms with Crippen molar-refractivity contribution in [3.63, 3.8) is 0 Å². The van der Waals surface area contributed by atoms with Crippen LogP contribution in [0.15, 0.2) is 22.4 Å². The molecular formula is C16H21NOS3. The Bertz CT molecular complexity index is 522. The second kappa shape index (κ2) is 8.11. The van der Waals surface area contributed by atoms with Gasteiger partial charge in [-0.2, -0.15) is 0 Å². The van der Waals surface area contributed by atoms with Gasteiger partial charge in [0.25, 0.3) is 5.91 Å². The van der Waals surface area contributed by atoms with E-state index in [4.69, 9.17) is 12.2 Å². The van der Waals surface area contributed by atoms with Gasteiger partial charge in [-0.15, -0.1) is 11.3 Å². The highest BCUT2D eigenvalue weighted by atomic mass is 32.2. The molecule has 1 aliphatic heterocycles. The van der Waals surface area contributed by atoms with E-state index in [0.29, 0.717) is 10.2 Å². The van der Waals surface area contributed by atoms with Crippen LogP contribution in [0.2, 0.25) is 0 Å². The number of carbonyl (C=O) groups excluding carboxylic acids is 1. The summed E-state index contributed by atoms with van der Waals surface area (Å²) in [5.41, 5.74) is 0. The zero-order chi connectivity index (χ0) is 15.2. The number of rotatable bonds is 7. The summed E-state index contributed by atoms with van der Waals surface area (Å²) in [7, 11) is 0. The number of carbonyl (C=O) groups is 1. The Kier molecular flexibility index (Phi) is 6.45. The normalized spacial score (nSPS) is 18.8. The molecule has 0 radical (unpaired) electrons. The number of thioether (sulfide) groups is 1. The van der Waals surface area contributed by atoms with Crippen molar-refractivity contribution in [2.45, 2.75) is 39.5 Å². The van der Waals surface area contributed by atoms with Crippen LogP contribution in [0.25, 0.3) is 6.08 Å². The van der Waals surface area contributed by atoms with E-state index in [9.17, 15) is 4.79 Å². The fourth-order valence-electron chi connectivity index (χ4n) is 2.34. The molecule has 1 atom stereocenters. The number of hydrogen-bond acceptors (Lipinski definition) is 4. The molecule has 0 unspecified atom stereocenters. The molecule has 0 bridgehead atoms. The highest BCUT2D eigenvalue weighted by Gasteiger charge is 2.33. The van der Waals surface area contributed by atoms with Crippen molar-refractivity contribution in [1.82, 2.24) is 4.90 Å². The van der Waals surface area contributed by atoms with Crippen LogP contribution in [0, 0.1) is 5.92 Å². The predicted octanol–water partition coefficient (Wildman–Crippen LogP) is 5.17. The van der Waals surface area contributed by atoms with Gasteiger partial charge in [0.15, 0.2) is 0 Å². The SMILES string of the molecule is CCCC[C@@H](CC)CN1C(=O)/C(=C/c2cccs2)SC1=S. The van der Waals surface area contributed by atoms with Gasteiger partial charge in [-0.25, -0.2) is 0 Å². The summed E-state index contributed by atoms with van der Waals surface area (Å²) < 4.78 is 0.706. The molecular weight excluding hydrogens is 318 g/mol. The molecule has 2 rings (SSSR count). The summed E-state index contributed by atoms with van der Waals surface area (Å²) in [6, 6.07) is 4.02. The van der Waals surface area contributed by atoms with Crippen LogP contribution in [0.4, 0.5) is 0 Å². The minimum absolute atomic E-state index is 0.0772. The average Bonchev–Trinajstić information content (AvgIpc) is 3.07. The van der Waals surface area contributed by atoms with Crippen LogP contribution < -0.4 is 0 Å². The van der Waals surface area contributed by atoms with E-state index < -0.39 is 0 Å². The summed E-state index contributed by atoms with van der Waals surface area (Å²) in [5.74, 6) is 0.627. The monoisotopic (exact) mass is 339 g/mol. The first-order valence-electron chi connectivity index (χ1n) is 7.44. The summed E-state index contributed by atoms with van der Waals surface area (Å²) in [6.45, 7) is 5.17. The van der Waals surface area contributed by atoms with Crippen molar-refractivity contribution in [3.05, 3.63) is 27.3 Å². The number of nitrogens with zero attached hydrogens (tertiary/aromatic N) is 1. The molecule has 114 valence electrons. The minimum Gasteiger partial charge on any atom is -0.293 e. The Morgan fingerprint density at radius 2 is 2.24 bits per heavy atom. The van der Waals surface area contributed by atoms with Crippen molar-refractivity contribution < 1.29 is 4.79 Å². The molecule has 0 saturated carbocycles. The van der Waals surface area contributed by atoms with Gasteiger partial charge in [0.05, 0.1) is 4.91 Å². The van der Waals surface area contributed by atoms with Crippen LogP contribution in [-0.2, 0) is 4.79 Å². The standard InChI is InChI=1S/C16H21NOS3/c1-3-5-7-12(4-2)11-17-15(18)14(21-16(17)19)10-13-8-6-9-20-13/h6,8-10,12H,3-5,7,11H2,1-2H3/b14-10-/t12-/m1/s1. The second-order valence-electron chi connectivity index (χ2n) is 5.22. The van der Waals surface area contributed by atoms with Crippen molar-refractivity contribution in [1.29, 1.82) is 0 Å². The predicted molar refractivity (Wildman–Crippen MR) is 97.5 cm³/mol. The lowest BCUT2D eigenvalue weighted by molar-refractivity contribution is -0.122. The lowest BCUT2D eigenvalue weighted by Crippen LogP contribution is -2.33. The second-order valence-corrected chi connectivity index (χ2v) is 7.88. The Morgan fingerprint density at radius 3 is 2.86 bits per heavy atom. The van der Waals surface area contributed by atoms with E-state index in [1.54, 1.807) is 16.2 Å². The largest absolute Gasteiger partial charge is 0.293 e. The molecule has 1 saturated heterocycles. The Balaban J connectivity index is 2.04. The Labute approximate surface area is 140 Å². The Hall–Kier alpha value is -0.650. The molecule has 0 N–H and O–H groups in total. The quantitative estimate of drug-likeness (QED) is 0.505. The van der Waals surface area contributed by atoms with E-state index in [1.165, 1.54) is 31.0 Å². The first kappa shape index (κ1) is 16.7. The molecule has 1 aliphatic rings. The third-order valence-electron chi connectivity index (χ3n) is 3.67. The van der Waals surface area contributed by atoms with Gasteiger partial charge >= 0.3 is 0 Å².